The van der Waals surface area contributed by atoms with Gasteiger partial charge in [-0.05, 0) is 64.6 Å². The molecule has 1 saturated heterocycles. The molecule has 1 aliphatic rings. The molecule has 0 radical (unpaired) electrons. The Morgan fingerprint density at radius 3 is 2.00 bits per heavy atom. The molecule has 1 atom stereocenters. The Bertz CT molecular complexity index is 1700. The maximum absolute atomic E-state index is 14.5. The summed E-state index contributed by atoms with van der Waals surface area (Å²) in [6, 6.07) is 19.9. The van der Waals surface area contributed by atoms with Crippen LogP contribution in [0.15, 0.2) is 76.8 Å². The number of carbonyl (C=O) groups is 2. The summed E-state index contributed by atoms with van der Waals surface area (Å²) in [5, 5.41) is 3.68. The van der Waals surface area contributed by atoms with Crippen LogP contribution in [0.25, 0.3) is 0 Å². The Morgan fingerprint density at radius 1 is 0.854 bits per heavy atom. The standard InChI is InChI=1S/C37H49N5O5S/c1-24(2)30-22-32(25(3)4)35(33(23-30)26(5)6)48(45,46)40-34(21-28-12-11-13-29(20-28)36(38)39-47-27(7)43)37(44)42-18-16-41(17-19-42)31-14-9-8-10-15-31/h8-15,20,22-26,34,40H,16-19,21H2,1-7H3,(H2,38,39)/t34-/m0/s1. The molecule has 0 spiro atoms. The van der Waals surface area contributed by atoms with E-state index < -0.39 is 22.0 Å². The van der Waals surface area contributed by atoms with E-state index in [0.29, 0.717) is 37.3 Å². The fourth-order valence-corrected chi connectivity index (χ4v) is 7.82. The maximum Gasteiger partial charge on any atom is 0.332 e. The number of hydrogen-bond donors (Lipinski definition) is 2. The van der Waals surface area contributed by atoms with Gasteiger partial charge in [0.2, 0.25) is 15.9 Å². The third-order valence-corrected chi connectivity index (χ3v) is 10.2. The summed E-state index contributed by atoms with van der Waals surface area (Å²) in [4.78, 5) is 34.5. The van der Waals surface area contributed by atoms with Crippen molar-refractivity contribution in [3.05, 3.63) is 94.5 Å². The lowest BCUT2D eigenvalue weighted by Crippen LogP contribution is -2.55. The number of oxime groups is 1. The van der Waals surface area contributed by atoms with Gasteiger partial charge in [0.05, 0.1) is 4.90 Å². The molecule has 4 rings (SSSR count). The first-order chi connectivity index (χ1) is 22.7. The lowest BCUT2D eigenvalue weighted by molar-refractivity contribution is -0.141. The predicted molar refractivity (Wildman–Crippen MR) is 191 cm³/mol. The van der Waals surface area contributed by atoms with Gasteiger partial charge in [-0.3, -0.25) is 4.79 Å². The maximum atomic E-state index is 14.5. The van der Waals surface area contributed by atoms with Gasteiger partial charge in [-0.15, -0.1) is 0 Å². The zero-order valence-electron chi connectivity index (χ0n) is 29.1. The molecule has 10 nitrogen and oxygen atoms in total. The van der Waals surface area contributed by atoms with Crippen LogP contribution in [0, 0.1) is 0 Å². The molecule has 1 amide bonds. The number of amides is 1. The average Bonchev–Trinajstić information content (AvgIpc) is 3.06. The number of nitrogens with zero attached hydrogens (tertiary/aromatic N) is 3. The van der Waals surface area contributed by atoms with Crippen LogP contribution in [0.1, 0.15) is 94.0 Å². The van der Waals surface area contributed by atoms with E-state index in [2.05, 4.69) is 28.6 Å². The number of nitrogens with one attached hydrogen (secondary N) is 1. The summed E-state index contributed by atoms with van der Waals surface area (Å²) < 4.78 is 31.9. The van der Waals surface area contributed by atoms with Crippen molar-refractivity contribution in [1.82, 2.24) is 9.62 Å². The Kier molecular flexibility index (Phi) is 12.0. The van der Waals surface area contributed by atoms with Crippen molar-refractivity contribution < 1.29 is 22.8 Å². The van der Waals surface area contributed by atoms with Gasteiger partial charge >= 0.3 is 5.97 Å². The number of hydrogen-bond acceptors (Lipinski definition) is 7. The highest BCUT2D eigenvalue weighted by atomic mass is 32.2. The first-order valence-corrected chi connectivity index (χ1v) is 18.1. The fraction of sp³-hybridized carbons (Fsp3) is 0.432. The van der Waals surface area contributed by atoms with Crippen molar-refractivity contribution in [3.63, 3.8) is 0 Å². The molecule has 3 N–H and O–H groups in total. The highest BCUT2D eigenvalue weighted by Crippen LogP contribution is 2.35. The average molecular weight is 676 g/mol. The van der Waals surface area contributed by atoms with Crippen molar-refractivity contribution in [2.24, 2.45) is 10.9 Å². The molecule has 3 aromatic rings. The van der Waals surface area contributed by atoms with Crippen LogP contribution in [0.5, 0.6) is 0 Å². The number of para-hydroxylation sites is 1. The smallest absolute Gasteiger partial charge is 0.332 e. The normalized spacial score (nSPS) is 14.9. The van der Waals surface area contributed by atoms with E-state index in [-0.39, 0.29) is 40.8 Å². The summed E-state index contributed by atoms with van der Waals surface area (Å²) in [5.41, 5.74) is 10.8. The number of rotatable bonds is 12. The third-order valence-electron chi connectivity index (χ3n) is 8.59. The molecule has 1 heterocycles. The Labute approximate surface area is 285 Å². The van der Waals surface area contributed by atoms with Crippen molar-refractivity contribution in [2.75, 3.05) is 31.1 Å². The van der Waals surface area contributed by atoms with Crippen LogP contribution in [-0.2, 0) is 30.9 Å². The zero-order chi connectivity index (χ0) is 35.2. The van der Waals surface area contributed by atoms with Crippen LogP contribution < -0.4 is 15.4 Å². The first-order valence-electron chi connectivity index (χ1n) is 16.6. The minimum Gasteiger partial charge on any atom is -0.380 e. The highest BCUT2D eigenvalue weighted by Gasteiger charge is 2.34. The zero-order valence-corrected chi connectivity index (χ0v) is 29.9. The quantitative estimate of drug-likeness (QED) is 0.112. The summed E-state index contributed by atoms with van der Waals surface area (Å²) in [5.74, 6) is -0.828. The molecule has 258 valence electrons. The predicted octanol–water partition coefficient (Wildman–Crippen LogP) is 5.48. The molecule has 0 aliphatic carbocycles. The molecular formula is C37H49N5O5S. The van der Waals surface area contributed by atoms with Gasteiger partial charge in [-0.1, -0.05) is 95.2 Å². The van der Waals surface area contributed by atoms with Crippen LogP contribution >= 0.6 is 0 Å². The molecular weight excluding hydrogens is 627 g/mol. The summed E-state index contributed by atoms with van der Waals surface area (Å²) >= 11 is 0. The molecule has 11 heteroatoms. The molecule has 0 aromatic heterocycles. The molecule has 0 bridgehead atoms. The molecule has 1 fully saturated rings. The summed E-state index contributed by atoms with van der Waals surface area (Å²) in [6.07, 6.45) is 0.0732. The lowest BCUT2D eigenvalue weighted by atomic mass is 9.89. The van der Waals surface area contributed by atoms with Crippen LogP contribution in [0.3, 0.4) is 0 Å². The molecule has 48 heavy (non-hydrogen) atoms. The van der Waals surface area contributed by atoms with E-state index in [1.54, 1.807) is 29.2 Å². The number of nitrogens with two attached hydrogens (primary N) is 1. The van der Waals surface area contributed by atoms with E-state index in [4.69, 9.17) is 10.6 Å². The van der Waals surface area contributed by atoms with Crippen LogP contribution in [0.4, 0.5) is 5.69 Å². The number of carbonyl (C=O) groups excluding carboxylic acids is 2. The largest absolute Gasteiger partial charge is 0.380 e. The van der Waals surface area contributed by atoms with Gasteiger partial charge in [0.1, 0.15) is 6.04 Å². The van der Waals surface area contributed by atoms with Gasteiger partial charge < -0.3 is 20.4 Å². The Balaban J connectivity index is 1.72. The third kappa shape index (κ3) is 9.02. The van der Waals surface area contributed by atoms with Crippen molar-refractivity contribution in [2.45, 2.75) is 83.6 Å². The Hall–Kier alpha value is -4.22. The number of sulfonamides is 1. The number of amidine groups is 1. The minimum absolute atomic E-state index is 0.0130. The minimum atomic E-state index is -4.17. The highest BCUT2D eigenvalue weighted by molar-refractivity contribution is 7.89. The van der Waals surface area contributed by atoms with E-state index in [1.165, 1.54) is 6.92 Å². The van der Waals surface area contributed by atoms with Crippen LogP contribution in [-0.4, -0.2) is 63.3 Å². The second-order valence-electron chi connectivity index (χ2n) is 13.3. The van der Waals surface area contributed by atoms with Crippen molar-refractivity contribution in [1.29, 1.82) is 0 Å². The van der Waals surface area contributed by atoms with E-state index >= 15 is 0 Å². The van der Waals surface area contributed by atoms with Gasteiger partial charge in [0, 0.05) is 44.4 Å². The van der Waals surface area contributed by atoms with Gasteiger partial charge in [-0.2, -0.15) is 4.72 Å². The van der Waals surface area contributed by atoms with Crippen molar-refractivity contribution in [3.8, 4) is 0 Å². The van der Waals surface area contributed by atoms with E-state index in [1.807, 2.05) is 70.2 Å². The van der Waals surface area contributed by atoms with E-state index in [0.717, 1.165) is 22.4 Å². The number of piperazine rings is 1. The molecule has 1 aliphatic heterocycles. The fourth-order valence-electron chi connectivity index (χ4n) is 5.93. The summed E-state index contributed by atoms with van der Waals surface area (Å²) in [7, 11) is -4.17. The SMILES string of the molecule is CC(=O)ON=C(N)c1cccc(C[C@H](NS(=O)(=O)c2c(C(C)C)cc(C(C)C)cc2C(C)C)C(=O)N2CCN(c3ccccc3)CC2)c1. The van der Waals surface area contributed by atoms with Crippen LogP contribution in [0.2, 0.25) is 0 Å². The molecule has 0 saturated carbocycles. The second kappa shape index (κ2) is 15.8. The monoisotopic (exact) mass is 675 g/mol. The second-order valence-corrected chi connectivity index (χ2v) is 14.9. The Morgan fingerprint density at radius 2 is 1.46 bits per heavy atom. The van der Waals surface area contributed by atoms with Crippen molar-refractivity contribution >= 4 is 33.4 Å². The van der Waals surface area contributed by atoms with Gasteiger partial charge in [-0.25, -0.2) is 13.2 Å². The number of benzene rings is 3. The molecule has 3 aromatic carbocycles. The molecule has 0 unspecified atom stereocenters. The first kappa shape index (κ1) is 36.6. The summed E-state index contributed by atoms with van der Waals surface area (Å²) in [6.45, 7) is 15.5. The number of anilines is 1. The topological polar surface area (TPSA) is 134 Å². The van der Waals surface area contributed by atoms with Gasteiger partial charge in [0.15, 0.2) is 5.84 Å². The lowest BCUT2D eigenvalue weighted by Gasteiger charge is -2.37. The van der Waals surface area contributed by atoms with E-state index in [9.17, 15) is 18.0 Å². The van der Waals surface area contributed by atoms with Gasteiger partial charge in [0.25, 0.3) is 0 Å².